The highest BCUT2D eigenvalue weighted by atomic mass is 32.2. The van der Waals surface area contributed by atoms with Crippen molar-refractivity contribution in [3.63, 3.8) is 0 Å². The van der Waals surface area contributed by atoms with E-state index in [1.165, 1.54) is 16.4 Å². The first kappa shape index (κ1) is 16.6. The van der Waals surface area contributed by atoms with Gasteiger partial charge in [0.15, 0.2) is 0 Å². The first-order valence-corrected chi connectivity index (χ1v) is 9.58. The van der Waals surface area contributed by atoms with Gasteiger partial charge in [-0.25, -0.2) is 12.8 Å². The number of halogens is 1. The zero-order valence-electron chi connectivity index (χ0n) is 13.7. The molecule has 0 aliphatic carbocycles. The molecule has 0 saturated heterocycles. The summed E-state index contributed by atoms with van der Waals surface area (Å²) >= 11 is 0. The predicted molar refractivity (Wildman–Crippen MR) is 97.2 cm³/mol. The number of rotatable bonds is 3. The van der Waals surface area contributed by atoms with E-state index in [4.69, 9.17) is 4.74 Å². The van der Waals surface area contributed by atoms with Crippen molar-refractivity contribution in [3.05, 3.63) is 90.2 Å². The van der Waals surface area contributed by atoms with E-state index < -0.39 is 21.9 Å². The van der Waals surface area contributed by atoms with Crippen molar-refractivity contribution in [1.29, 1.82) is 0 Å². The quantitative estimate of drug-likeness (QED) is 0.697. The predicted octanol–water partition coefficient (Wildman–Crippen LogP) is 4.15. The van der Waals surface area contributed by atoms with Crippen LogP contribution in [0.15, 0.2) is 83.8 Å². The third-order valence-corrected chi connectivity index (χ3v) is 6.17. The summed E-state index contributed by atoms with van der Waals surface area (Å²) in [5.41, 5.74) is 1.30. The lowest BCUT2D eigenvalue weighted by Crippen LogP contribution is -2.41. The Labute approximate surface area is 151 Å². The lowest BCUT2D eigenvalue weighted by Gasteiger charge is -2.37. The van der Waals surface area contributed by atoms with Gasteiger partial charge in [-0.15, -0.1) is 0 Å². The Kier molecular flexibility index (Phi) is 4.12. The molecule has 1 aliphatic heterocycles. The summed E-state index contributed by atoms with van der Waals surface area (Å²) in [5, 5.41) is 0. The van der Waals surface area contributed by atoms with Crippen LogP contribution in [0.3, 0.4) is 0 Å². The van der Waals surface area contributed by atoms with Crippen LogP contribution in [0.5, 0.6) is 5.75 Å². The highest BCUT2D eigenvalue weighted by molar-refractivity contribution is 7.92. The van der Waals surface area contributed by atoms with E-state index in [1.807, 2.05) is 30.3 Å². The second-order valence-corrected chi connectivity index (χ2v) is 7.77. The maximum Gasteiger partial charge on any atom is 0.265 e. The van der Waals surface area contributed by atoms with Gasteiger partial charge >= 0.3 is 0 Å². The van der Waals surface area contributed by atoms with Gasteiger partial charge in [0.1, 0.15) is 24.2 Å². The Bertz CT molecular complexity index is 1020. The fraction of sp³-hybridized carbons (Fsp3) is 0.100. The lowest BCUT2D eigenvalue weighted by atomic mass is 10.1. The van der Waals surface area contributed by atoms with E-state index in [2.05, 4.69) is 0 Å². The fourth-order valence-corrected chi connectivity index (χ4v) is 4.72. The Morgan fingerprint density at radius 3 is 2.27 bits per heavy atom. The summed E-state index contributed by atoms with van der Waals surface area (Å²) in [6.07, 6.45) is 0. The number of hydrogen-bond donors (Lipinski definition) is 0. The first-order valence-electron chi connectivity index (χ1n) is 8.14. The Morgan fingerprint density at radius 2 is 1.54 bits per heavy atom. The summed E-state index contributed by atoms with van der Waals surface area (Å²) < 4.78 is 47.2. The molecule has 1 aliphatic rings. The smallest absolute Gasteiger partial charge is 0.265 e. The Hall–Kier alpha value is -2.86. The number of anilines is 1. The second-order valence-electron chi connectivity index (χ2n) is 5.96. The molecule has 1 atom stereocenters. The molecule has 1 heterocycles. The molecule has 132 valence electrons. The van der Waals surface area contributed by atoms with Gasteiger partial charge in [0.25, 0.3) is 10.0 Å². The molecule has 4 rings (SSSR count). The summed E-state index contributed by atoms with van der Waals surface area (Å²) in [6, 6.07) is 20.7. The zero-order chi connectivity index (χ0) is 18.1. The molecular formula is C20H16FNO3S. The van der Waals surface area contributed by atoms with Crippen molar-refractivity contribution in [2.75, 3.05) is 10.9 Å². The maximum absolute atomic E-state index is 13.4. The van der Waals surface area contributed by atoms with Crippen LogP contribution in [-0.4, -0.2) is 15.0 Å². The molecule has 0 N–H and O–H groups in total. The van der Waals surface area contributed by atoms with Crippen LogP contribution in [0, 0.1) is 5.82 Å². The minimum absolute atomic E-state index is 0.0385. The zero-order valence-corrected chi connectivity index (χ0v) is 14.6. The standard InChI is InChI=1S/C20H16FNO3S/c21-16-10-12-17(13-11-16)26(23,24)22-18-8-4-5-9-20(18)25-14-19(22)15-6-2-1-3-7-15/h1-13,19H,14H2. The molecule has 0 bridgehead atoms. The molecule has 0 aromatic heterocycles. The molecule has 6 heteroatoms. The summed E-state index contributed by atoms with van der Waals surface area (Å²) in [6.45, 7) is 0.196. The van der Waals surface area contributed by atoms with Crippen molar-refractivity contribution in [1.82, 2.24) is 0 Å². The van der Waals surface area contributed by atoms with Gasteiger partial charge in [-0.05, 0) is 42.0 Å². The highest BCUT2D eigenvalue weighted by Gasteiger charge is 2.37. The van der Waals surface area contributed by atoms with Crippen LogP contribution in [-0.2, 0) is 10.0 Å². The summed E-state index contributed by atoms with van der Waals surface area (Å²) in [5.74, 6) is 0.0244. The molecule has 26 heavy (non-hydrogen) atoms. The number of sulfonamides is 1. The number of ether oxygens (including phenoxy) is 1. The van der Waals surface area contributed by atoms with Crippen LogP contribution in [0.1, 0.15) is 11.6 Å². The molecule has 4 nitrogen and oxygen atoms in total. The minimum atomic E-state index is -3.90. The van der Waals surface area contributed by atoms with Crippen LogP contribution >= 0.6 is 0 Å². The lowest BCUT2D eigenvalue weighted by molar-refractivity contribution is 0.275. The van der Waals surface area contributed by atoms with Gasteiger partial charge in [-0.3, -0.25) is 4.31 Å². The first-order chi connectivity index (χ1) is 12.6. The summed E-state index contributed by atoms with van der Waals surface area (Å²) in [4.78, 5) is 0.0385. The van der Waals surface area contributed by atoms with Gasteiger partial charge in [0.05, 0.1) is 10.6 Å². The van der Waals surface area contributed by atoms with E-state index in [9.17, 15) is 12.8 Å². The Balaban J connectivity index is 1.89. The van der Waals surface area contributed by atoms with E-state index in [-0.39, 0.29) is 11.5 Å². The van der Waals surface area contributed by atoms with Crippen molar-refractivity contribution < 1.29 is 17.5 Å². The number of fused-ring (bicyclic) bond motifs is 1. The summed E-state index contributed by atoms with van der Waals surface area (Å²) in [7, 11) is -3.90. The van der Waals surface area contributed by atoms with Crippen LogP contribution in [0.25, 0.3) is 0 Å². The van der Waals surface area contributed by atoms with E-state index >= 15 is 0 Å². The van der Waals surface area contributed by atoms with Crippen LogP contribution in [0.2, 0.25) is 0 Å². The normalized spacial score (nSPS) is 16.7. The van der Waals surface area contributed by atoms with Crippen LogP contribution in [0.4, 0.5) is 10.1 Å². The third-order valence-electron chi connectivity index (χ3n) is 4.34. The van der Waals surface area contributed by atoms with E-state index in [1.54, 1.807) is 24.3 Å². The molecule has 0 amide bonds. The fourth-order valence-electron chi connectivity index (χ4n) is 3.09. The molecular weight excluding hydrogens is 353 g/mol. The molecule has 1 unspecified atom stereocenters. The minimum Gasteiger partial charge on any atom is -0.489 e. The molecule has 3 aromatic rings. The monoisotopic (exact) mass is 369 g/mol. The topological polar surface area (TPSA) is 46.6 Å². The van der Waals surface area contributed by atoms with Gasteiger partial charge < -0.3 is 4.74 Å². The van der Waals surface area contributed by atoms with Gasteiger partial charge in [-0.1, -0.05) is 42.5 Å². The average molecular weight is 369 g/mol. The number of benzene rings is 3. The molecule has 0 radical (unpaired) electrons. The van der Waals surface area contributed by atoms with Crippen molar-refractivity contribution >= 4 is 15.7 Å². The SMILES string of the molecule is O=S(=O)(c1ccc(F)cc1)N1c2ccccc2OCC1c1ccccc1. The maximum atomic E-state index is 13.4. The van der Waals surface area contributed by atoms with Gasteiger partial charge in [0.2, 0.25) is 0 Å². The molecule has 0 fully saturated rings. The van der Waals surface area contributed by atoms with Crippen molar-refractivity contribution in [2.24, 2.45) is 0 Å². The van der Waals surface area contributed by atoms with Crippen LogP contribution < -0.4 is 9.04 Å². The van der Waals surface area contributed by atoms with E-state index in [0.717, 1.165) is 17.7 Å². The van der Waals surface area contributed by atoms with Crippen molar-refractivity contribution in [2.45, 2.75) is 10.9 Å². The Morgan fingerprint density at radius 1 is 0.885 bits per heavy atom. The molecule has 3 aromatic carbocycles. The number of nitrogens with zero attached hydrogens (tertiary/aromatic N) is 1. The van der Waals surface area contributed by atoms with E-state index in [0.29, 0.717) is 11.4 Å². The third kappa shape index (κ3) is 2.82. The highest BCUT2D eigenvalue weighted by Crippen LogP contribution is 2.42. The number of para-hydroxylation sites is 2. The molecule has 0 spiro atoms. The molecule has 0 saturated carbocycles. The number of hydrogen-bond acceptors (Lipinski definition) is 3. The largest absolute Gasteiger partial charge is 0.489 e. The van der Waals surface area contributed by atoms with Crippen molar-refractivity contribution in [3.8, 4) is 5.75 Å². The average Bonchev–Trinajstić information content (AvgIpc) is 2.68. The van der Waals surface area contributed by atoms with Gasteiger partial charge in [0, 0.05) is 0 Å². The second kappa shape index (κ2) is 6.46. The van der Waals surface area contributed by atoms with Gasteiger partial charge in [-0.2, -0.15) is 0 Å².